The molecule has 0 unspecified atom stereocenters. The molecule has 0 amide bonds. The first-order valence-electron chi connectivity index (χ1n) is 10.4. The highest BCUT2D eigenvalue weighted by atomic mass is 32.1. The lowest BCUT2D eigenvalue weighted by molar-refractivity contribution is -0.0668. The number of halogens is 1. The van der Waals surface area contributed by atoms with E-state index >= 15 is 0 Å². The molecule has 0 saturated heterocycles. The Kier molecular flexibility index (Phi) is 4.42. The van der Waals surface area contributed by atoms with Gasteiger partial charge in [0.25, 0.3) is 0 Å². The molecule has 1 N–H and O–H groups in total. The Bertz CT molecular complexity index is 1310. The van der Waals surface area contributed by atoms with Crippen LogP contribution in [0.15, 0.2) is 43.2 Å². The molecule has 10 heteroatoms. The molecular weight excluding hydrogens is 429 g/mol. The molecule has 3 aromatic heterocycles. The first-order chi connectivity index (χ1) is 15.5. The highest BCUT2D eigenvalue weighted by Crippen LogP contribution is 2.42. The summed E-state index contributed by atoms with van der Waals surface area (Å²) in [5, 5.41) is 17.1. The molecule has 1 aromatic carbocycles. The van der Waals surface area contributed by atoms with Gasteiger partial charge in [0.15, 0.2) is 5.82 Å². The number of aromatic nitrogens is 6. The average molecular weight is 450 g/mol. The minimum Gasteiger partial charge on any atom is -0.382 e. The fourth-order valence-electron chi connectivity index (χ4n) is 4.72. The highest BCUT2D eigenvalue weighted by Gasteiger charge is 2.45. The zero-order valence-corrected chi connectivity index (χ0v) is 18.1. The van der Waals surface area contributed by atoms with Gasteiger partial charge in [0.1, 0.15) is 29.1 Å². The average Bonchev–Trinajstić information content (AvgIpc) is 3.45. The van der Waals surface area contributed by atoms with E-state index in [1.54, 1.807) is 34.5 Å². The lowest BCUT2D eigenvalue weighted by Gasteiger charge is -2.44. The molecular formula is C22H20FN7OS. The lowest BCUT2D eigenvalue weighted by atomic mass is 9.80. The third-order valence-electron chi connectivity index (χ3n) is 6.50. The minimum atomic E-state index is -1.23. The zero-order chi connectivity index (χ0) is 21.9. The van der Waals surface area contributed by atoms with Crippen molar-refractivity contribution in [1.29, 1.82) is 0 Å². The highest BCUT2D eigenvalue weighted by molar-refractivity contribution is 7.15. The van der Waals surface area contributed by atoms with Gasteiger partial charge in [-0.2, -0.15) is 5.10 Å². The van der Waals surface area contributed by atoms with Crippen molar-refractivity contribution in [2.45, 2.75) is 38.1 Å². The van der Waals surface area contributed by atoms with Crippen LogP contribution < -0.4 is 0 Å². The largest absolute Gasteiger partial charge is 0.382 e. The van der Waals surface area contributed by atoms with Gasteiger partial charge in [-0.25, -0.2) is 29.0 Å². The maximum absolute atomic E-state index is 14.0. The first-order valence-corrected chi connectivity index (χ1v) is 11.2. The van der Waals surface area contributed by atoms with Crippen molar-refractivity contribution in [3.63, 3.8) is 0 Å². The number of benzene rings is 1. The van der Waals surface area contributed by atoms with Crippen molar-refractivity contribution in [2.24, 2.45) is 0 Å². The van der Waals surface area contributed by atoms with Crippen molar-refractivity contribution in [2.75, 3.05) is 6.54 Å². The van der Waals surface area contributed by atoms with Crippen LogP contribution in [0.3, 0.4) is 0 Å². The normalized spacial score (nSPS) is 21.0. The molecule has 0 bridgehead atoms. The van der Waals surface area contributed by atoms with Gasteiger partial charge in [0.05, 0.1) is 12.2 Å². The Labute approximate surface area is 187 Å². The predicted molar refractivity (Wildman–Crippen MR) is 116 cm³/mol. The van der Waals surface area contributed by atoms with Crippen LogP contribution in [0.2, 0.25) is 0 Å². The summed E-state index contributed by atoms with van der Waals surface area (Å²) in [5.74, 6) is 0.217. The second-order valence-corrected chi connectivity index (χ2v) is 9.35. The summed E-state index contributed by atoms with van der Waals surface area (Å²) in [6.45, 7) is 3.74. The number of thiazole rings is 1. The van der Waals surface area contributed by atoms with Gasteiger partial charge in [-0.05, 0) is 24.6 Å². The van der Waals surface area contributed by atoms with Crippen LogP contribution in [-0.2, 0) is 25.1 Å². The Balaban J connectivity index is 1.33. The first kappa shape index (κ1) is 19.6. The van der Waals surface area contributed by atoms with Crippen LogP contribution in [0, 0.1) is 5.82 Å². The number of hydrogen-bond donors (Lipinski definition) is 1. The van der Waals surface area contributed by atoms with E-state index in [4.69, 9.17) is 4.98 Å². The smallest absolute Gasteiger partial charge is 0.158 e. The standard InChI is InChI=1S/C22H20FN7OS/c1-13(22(31)10-30-20(26-12-27-30)16-6-15(23)2-3-17(16)22)29-5-4-18-19(9-29)32-21(28-18)14-7-24-11-25-8-14/h2-3,6-8,11-13,31H,4-5,9-10H2,1H3/t13-,22-/m1/s1. The molecule has 2 aliphatic heterocycles. The van der Waals surface area contributed by atoms with Crippen LogP contribution in [0.25, 0.3) is 22.0 Å². The predicted octanol–water partition coefficient (Wildman–Crippen LogP) is 2.65. The van der Waals surface area contributed by atoms with Gasteiger partial charge in [-0.1, -0.05) is 6.07 Å². The molecule has 0 saturated carbocycles. The van der Waals surface area contributed by atoms with Crippen LogP contribution in [0.1, 0.15) is 23.1 Å². The van der Waals surface area contributed by atoms with E-state index in [2.05, 4.69) is 25.0 Å². The van der Waals surface area contributed by atoms with Gasteiger partial charge >= 0.3 is 0 Å². The van der Waals surface area contributed by atoms with Crippen LogP contribution in [-0.4, -0.2) is 52.3 Å². The molecule has 0 fully saturated rings. The molecule has 4 aromatic rings. The lowest BCUT2D eigenvalue weighted by Crippen LogP contribution is -2.54. The van der Waals surface area contributed by atoms with Crippen molar-refractivity contribution < 1.29 is 9.50 Å². The van der Waals surface area contributed by atoms with E-state index in [0.29, 0.717) is 23.5 Å². The summed E-state index contributed by atoms with van der Waals surface area (Å²) in [4.78, 5) is 20.7. The maximum Gasteiger partial charge on any atom is 0.158 e. The fourth-order valence-corrected chi connectivity index (χ4v) is 5.83. The number of hydrogen-bond acceptors (Lipinski definition) is 8. The number of nitrogens with zero attached hydrogens (tertiary/aromatic N) is 7. The number of fused-ring (bicyclic) bond motifs is 4. The molecule has 8 nitrogen and oxygen atoms in total. The molecule has 32 heavy (non-hydrogen) atoms. The van der Waals surface area contributed by atoms with E-state index < -0.39 is 5.60 Å². The molecule has 0 radical (unpaired) electrons. The van der Waals surface area contributed by atoms with Crippen molar-refractivity contribution in [3.05, 3.63) is 65.2 Å². The van der Waals surface area contributed by atoms with Gasteiger partial charge < -0.3 is 5.11 Å². The van der Waals surface area contributed by atoms with Gasteiger partial charge in [0, 0.05) is 53.9 Å². The van der Waals surface area contributed by atoms with E-state index in [1.807, 2.05) is 6.92 Å². The Morgan fingerprint density at radius 1 is 1.22 bits per heavy atom. The summed E-state index contributed by atoms with van der Waals surface area (Å²) >= 11 is 1.64. The monoisotopic (exact) mass is 449 g/mol. The summed E-state index contributed by atoms with van der Waals surface area (Å²) in [6, 6.07) is 4.27. The second-order valence-electron chi connectivity index (χ2n) is 8.27. The Morgan fingerprint density at radius 2 is 2.06 bits per heavy atom. The topological polar surface area (TPSA) is 92.8 Å². The van der Waals surface area contributed by atoms with Gasteiger partial charge in [-0.3, -0.25) is 4.90 Å². The summed E-state index contributed by atoms with van der Waals surface area (Å²) in [7, 11) is 0. The molecule has 2 aliphatic rings. The maximum atomic E-state index is 14.0. The number of rotatable bonds is 3. The Morgan fingerprint density at radius 3 is 2.91 bits per heavy atom. The summed E-state index contributed by atoms with van der Waals surface area (Å²) in [5.41, 5.74) is 2.04. The summed E-state index contributed by atoms with van der Waals surface area (Å²) in [6.07, 6.45) is 7.29. The van der Waals surface area contributed by atoms with Gasteiger partial charge in [-0.15, -0.1) is 11.3 Å². The Hall–Kier alpha value is -3.08. The van der Waals surface area contributed by atoms with Crippen molar-refractivity contribution >= 4 is 11.3 Å². The molecule has 5 heterocycles. The number of aliphatic hydroxyl groups is 1. The van der Waals surface area contributed by atoms with E-state index in [0.717, 1.165) is 29.2 Å². The molecule has 2 atom stereocenters. The zero-order valence-electron chi connectivity index (χ0n) is 17.3. The summed E-state index contributed by atoms with van der Waals surface area (Å²) < 4.78 is 15.7. The minimum absolute atomic E-state index is 0.234. The van der Waals surface area contributed by atoms with Crippen LogP contribution in [0.5, 0.6) is 0 Å². The van der Waals surface area contributed by atoms with E-state index in [-0.39, 0.29) is 18.4 Å². The van der Waals surface area contributed by atoms with Crippen LogP contribution >= 0.6 is 11.3 Å². The van der Waals surface area contributed by atoms with Crippen LogP contribution in [0.4, 0.5) is 4.39 Å². The van der Waals surface area contributed by atoms with Crippen molar-refractivity contribution in [1.82, 2.24) is 34.6 Å². The molecule has 0 aliphatic carbocycles. The molecule has 162 valence electrons. The van der Waals surface area contributed by atoms with E-state index in [9.17, 15) is 9.50 Å². The SMILES string of the molecule is C[C@@H](N1CCc2nc(-c3cncnc3)sc2C1)[C@]1(O)Cn2ncnc2-c2cc(F)ccc21. The second kappa shape index (κ2) is 7.22. The fraction of sp³-hybridized carbons (Fsp3) is 0.318. The third-order valence-corrected chi connectivity index (χ3v) is 7.63. The van der Waals surface area contributed by atoms with Crippen molar-refractivity contribution in [3.8, 4) is 22.0 Å². The molecule has 6 rings (SSSR count). The van der Waals surface area contributed by atoms with E-state index in [1.165, 1.54) is 29.7 Å². The third kappa shape index (κ3) is 2.98. The molecule has 0 spiro atoms. The quantitative estimate of drug-likeness (QED) is 0.514. The van der Waals surface area contributed by atoms with Gasteiger partial charge in [0.2, 0.25) is 0 Å².